The van der Waals surface area contributed by atoms with Gasteiger partial charge in [0.1, 0.15) is 11.5 Å². The van der Waals surface area contributed by atoms with E-state index in [-0.39, 0.29) is 18.1 Å². The minimum absolute atomic E-state index is 0.0336. The zero-order valence-electron chi connectivity index (χ0n) is 23.1. The summed E-state index contributed by atoms with van der Waals surface area (Å²) in [5, 5.41) is 3.01. The zero-order valence-corrected chi connectivity index (χ0v) is 23.1. The van der Waals surface area contributed by atoms with E-state index in [9.17, 15) is 9.59 Å². The average molecular weight is 511 g/mol. The number of ether oxygens (including phenoxy) is 2. The van der Waals surface area contributed by atoms with Gasteiger partial charge in [-0.15, -0.1) is 0 Å². The Hall–Kier alpha value is -2.94. The third-order valence-corrected chi connectivity index (χ3v) is 6.91. The van der Waals surface area contributed by atoms with Gasteiger partial charge in [-0.05, 0) is 25.6 Å². The number of methoxy groups -OCH3 is 2. The van der Waals surface area contributed by atoms with E-state index in [1.54, 1.807) is 32.4 Å². The number of hydrogen-bond acceptors (Lipinski definition) is 7. The monoisotopic (exact) mass is 510 g/mol. The van der Waals surface area contributed by atoms with Gasteiger partial charge >= 0.3 is 0 Å². The molecule has 2 aromatic rings. The Morgan fingerprint density at radius 2 is 1.54 bits per heavy atom. The summed E-state index contributed by atoms with van der Waals surface area (Å²) in [6.07, 6.45) is 0.117. The van der Waals surface area contributed by atoms with Gasteiger partial charge in [-0.2, -0.15) is 0 Å². The second kappa shape index (κ2) is 13.6. The van der Waals surface area contributed by atoms with Crippen molar-refractivity contribution in [2.75, 3.05) is 72.9 Å². The van der Waals surface area contributed by atoms with Crippen molar-refractivity contribution in [1.82, 2.24) is 14.7 Å². The van der Waals surface area contributed by atoms with Crippen molar-refractivity contribution in [2.45, 2.75) is 32.2 Å². The number of piperazine rings is 1. The van der Waals surface area contributed by atoms with Crippen LogP contribution in [0.25, 0.3) is 0 Å². The fourth-order valence-electron chi connectivity index (χ4n) is 4.48. The highest BCUT2D eigenvalue weighted by molar-refractivity contribution is 6.02. The summed E-state index contributed by atoms with van der Waals surface area (Å²) in [7, 11) is 7.29. The van der Waals surface area contributed by atoms with E-state index in [4.69, 9.17) is 9.47 Å². The van der Waals surface area contributed by atoms with E-state index in [1.165, 1.54) is 5.56 Å². The van der Waals surface area contributed by atoms with Crippen molar-refractivity contribution >= 4 is 17.4 Å². The van der Waals surface area contributed by atoms with Crippen LogP contribution in [0.15, 0.2) is 42.5 Å². The summed E-state index contributed by atoms with van der Waals surface area (Å²) in [5.41, 5.74) is 2.39. The zero-order chi connectivity index (χ0) is 26.9. The molecule has 1 unspecified atom stereocenters. The molecule has 8 nitrogen and oxygen atoms in total. The third kappa shape index (κ3) is 8.28. The molecule has 1 N–H and O–H groups in total. The van der Waals surface area contributed by atoms with Crippen LogP contribution in [0.1, 0.15) is 42.1 Å². The molecule has 1 amide bonds. The summed E-state index contributed by atoms with van der Waals surface area (Å²) in [5.74, 6) is 1.33. The van der Waals surface area contributed by atoms with Crippen LogP contribution < -0.4 is 14.8 Å². The maximum absolute atomic E-state index is 13.6. The number of amides is 1. The highest BCUT2D eigenvalue weighted by atomic mass is 16.5. The van der Waals surface area contributed by atoms with Gasteiger partial charge in [0.05, 0.1) is 20.3 Å². The predicted molar refractivity (Wildman–Crippen MR) is 148 cm³/mol. The van der Waals surface area contributed by atoms with E-state index < -0.39 is 6.04 Å². The van der Waals surface area contributed by atoms with Crippen LogP contribution in [0.4, 0.5) is 5.69 Å². The van der Waals surface area contributed by atoms with E-state index in [2.05, 4.69) is 48.0 Å². The standard InChI is InChI=1S/C29H42N4O4/c1-21(2)22-7-9-23(10-8-22)28(34)20-27(33-15-13-32(14-16-33)12-11-31(3)4)29(35)30-24-17-25(36-5)19-26(18-24)37-6/h7-10,17-19,21,27H,11-16,20H2,1-6H3,(H,30,35). The van der Waals surface area contributed by atoms with Crippen molar-refractivity contribution < 1.29 is 19.1 Å². The molecule has 3 rings (SSSR count). The second-order valence-electron chi connectivity index (χ2n) is 10.2. The summed E-state index contributed by atoms with van der Waals surface area (Å²) >= 11 is 0. The number of hydrogen-bond donors (Lipinski definition) is 1. The highest BCUT2D eigenvalue weighted by Crippen LogP contribution is 2.26. The molecular weight excluding hydrogens is 468 g/mol. The average Bonchev–Trinajstić information content (AvgIpc) is 2.90. The van der Waals surface area contributed by atoms with Crippen LogP contribution >= 0.6 is 0 Å². The molecule has 0 aromatic heterocycles. The van der Waals surface area contributed by atoms with E-state index in [0.717, 1.165) is 39.3 Å². The van der Waals surface area contributed by atoms with Crippen LogP contribution in [0, 0.1) is 0 Å². The fraction of sp³-hybridized carbons (Fsp3) is 0.517. The fourth-order valence-corrected chi connectivity index (χ4v) is 4.48. The number of likely N-dealkylation sites (N-methyl/N-ethyl adjacent to an activating group) is 1. The van der Waals surface area contributed by atoms with Gasteiger partial charge in [-0.3, -0.25) is 19.4 Å². The van der Waals surface area contributed by atoms with Crippen molar-refractivity contribution in [3.8, 4) is 11.5 Å². The van der Waals surface area contributed by atoms with Crippen molar-refractivity contribution in [1.29, 1.82) is 0 Å². The van der Waals surface area contributed by atoms with E-state index in [1.807, 2.05) is 24.3 Å². The Morgan fingerprint density at radius 3 is 2.05 bits per heavy atom. The van der Waals surface area contributed by atoms with Crippen LogP contribution in [-0.4, -0.2) is 100 Å². The smallest absolute Gasteiger partial charge is 0.242 e. The first-order chi connectivity index (χ1) is 17.7. The van der Waals surface area contributed by atoms with Gasteiger partial charge in [0, 0.05) is 75.1 Å². The molecule has 202 valence electrons. The first kappa shape index (κ1) is 28.6. The van der Waals surface area contributed by atoms with Gasteiger partial charge in [0.25, 0.3) is 0 Å². The quantitative estimate of drug-likeness (QED) is 0.438. The van der Waals surface area contributed by atoms with Crippen molar-refractivity contribution in [3.63, 3.8) is 0 Å². The number of carbonyl (C=O) groups is 2. The maximum atomic E-state index is 13.6. The number of carbonyl (C=O) groups excluding carboxylic acids is 2. The summed E-state index contributed by atoms with van der Waals surface area (Å²) in [6, 6.07) is 12.4. The molecule has 1 aliphatic rings. The number of rotatable bonds is 12. The Morgan fingerprint density at radius 1 is 0.946 bits per heavy atom. The summed E-state index contributed by atoms with van der Waals surface area (Å²) in [6.45, 7) is 9.42. The molecular formula is C29H42N4O4. The highest BCUT2D eigenvalue weighted by Gasteiger charge is 2.31. The van der Waals surface area contributed by atoms with E-state index in [0.29, 0.717) is 28.7 Å². The van der Waals surface area contributed by atoms with Crippen molar-refractivity contribution in [2.24, 2.45) is 0 Å². The molecule has 1 saturated heterocycles. The third-order valence-electron chi connectivity index (χ3n) is 6.91. The van der Waals surface area contributed by atoms with Crippen LogP contribution in [0.5, 0.6) is 11.5 Å². The Bertz CT molecular complexity index is 1010. The maximum Gasteiger partial charge on any atom is 0.242 e. The lowest BCUT2D eigenvalue weighted by atomic mass is 9.97. The predicted octanol–water partition coefficient (Wildman–Crippen LogP) is 3.59. The van der Waals surface area contributed by atoms with Crippen LogP contribution in [0.3, 0.4) is 0 Å². The molecule has 2 aromatic carbocycles. The molecule has 1 fully saturated rings. The number of nitrogens with zero attached hydrogens (tertiary/aromatic N) is 3. The van der Waals surface area contributed by atoms with Gasteiger partial charge in [-0.1, -0.05) is 38.1 Å². The minimum Gasteiger partial charge on any atom is -0.497 e. The van der Waals surface area contributed by atoms with E-state index >= 15 is 0 Å². The molecule has 1 heterocycles. The largest absolute Gasteiger partial charge is 0.497 e. The number of ketones is 1. The normalized spacial score (nSPS) is 15.6. The number of Topliss-reactive ketones (excluding diaryl/α,β-unsaturated/α-hetero) is 1. The van der Waals surface area contributed by atoms with Gasteiger partial charge in [0.2, 0.25) is 5.91 Å². The molecule has 0 bridgehead atoms. The molecule has 1 aliphatic heterocycles. The lowest BCUT2D eigenvalue weighted by molar-refractivity contribution is -0.122. The van der Waals surface area contributed by atoms with Crippen molar-refractivity contribution in [3.05, 3.63) is 53.6 Å². The summed E-state index contributed by atoms with van der Waals surface area (Å²) in [4.78, 5) is 33.6. The minimum atomic E-state index is -0.578. The molecule has 0 radical (unpaired) electrons. The van der Waals surface area contributed by atoms with Gasteiger partial charge in [0.15, 0.2) is 5.78 Å². The lowest BCUT2D eigenvalue weighted by Crippen LogP contribution is -2.55. The molecule has 37 heavy (non-hydrogen) atoms. The Balaban J connectivity index is 1.77. The lowest BCUT2D eigenvalue weighted by Gasteiger charge is -2.38. The topological polar surface area (TPSA) is 74.4 Å². The molecule has 0 spiro atoms. The van der Waals surface area contributed by atoms with Gasteiger partial charge in [-0.25, -0.2) is 0 Å². The Labute approximate surface area is 221 Å². The van der Waals surface area contributed by atoms with Crippen LogP contribution in [0.2, 0.25) is 0 Å². The second-order valence-corrected chi connectivity index (χ2v) is 10.2. The number of anilines is 1. The molecule has 8 heteroatoms. The van der Waals surface area contributed by atoms with Crippen LogP contribution in [-0.2, 0) is 4.79 Å². The molecule has 1 atom stereocenters. The molecule has 0 aliphatic carbocycles. The number of benzene rings is 2. The number of nitrogens with one attached hydrogen (secondary N) is 1. The SMILES string of the molecule is COc1cc(NC(=O)C(CC(=O)c2ccc(C(C)C)cc2)N2CCN(CCN(C)C)CC2)cc(OC)c1. The first-order valence-electron chi connectivity index (χ1n) is 13.0. The van der Waals surface area contributed by atoms with Gasteiger partial charge < -0.3 is 19.7 Å². The first-order valence-corrected chi connectivity index (χ1v) is 13.0. The molecule has 0 saturated carbocycles. The Kier molecular flexibility index (Phi) is 10.5. The summed E-state index contributed by atoms with van der Waals surface area (Å²) < 4.78 is 10.7.